The molecule has 0 heterocycles. The highest BCUT2D eigenvalue weighted by Gasteiger charge is 2.20. The molecule has 14 heavy (non-hydrogen) atoms. The van der Waals surface area contributed by atoms with Gasteiger partial charge in [0.15, 0.2) is 0 Å². The van der Waals surface area contributed by atoms with Crippen molar-refractivity contribution in [2.24, 2.45) is 5.92 Å². The number of carbonyl (C=O) groups is 1. The minimum atomic E-state index is -0.122. The molecule has 0 saturated heterocycles. The molecule has 3 nitrogen and oxygen atoms in total. The highest BCUT2D eigenvalue weighted by molar-refractivity contribution is 5.69. The van der Waals surface area contributed by atoms with Gasteiger partial charge in [0, 0.05) is 6.04 Å². The van der Waals surface area contributed by atoms with Crippen LogP contribution in [0.4, 0.5) is 0 Å². The summed E-state index contributed by atoms with van der Waals surface area (Å²) >= 11 is 0. The first-order valence-corrected chi connectivity index (χ1v) is 5.49. The van der Waals surface area contributed by atoms with E-state index in [1.807, 2.05) is 0 Å². The van der Waals surface area contributed by atoms with E-state index in [1.165, 1.54) is 7.11 Å². The SMILES string of the molecule is CCNC(CC(=O)OC)C(CC)CC. The molecule has 0 aromatic heterocycles. The fraction of sp³-hybridized carbons (Fsp3) is 0.909. The van der Waals surface area contributed by atoms with Gasteiger partial charge in [-0.25, -0.2) is 0 Å². The molecule has 1 unspecified atom stereocenters. The summed E-state index contributed by atoms with van der Waals surface area (Å²) in [4.78, 5) is 11.2. The Kier molecular flexibility index (Phi) is 7.48. The van der Waals surface area contributed by atoms with E-state index in [2.05, 4.69) is 30.8 Å². The molecule has 0 aliphatic carbocycles. The third-order valence-corrected chi connectivity index (χ3v) is 2.70. The average molecular weight is 201 g/mol. The average Bonchev–Trinajstić information content (AvgIpc) is 2.19. The molecule has 0 fully saturated rings. The third kappa shape index (κ3) is 4.61. The summed E-state index contributed by atoms with van der Waals surface area (Å²) in [5, 5.41) is 3.35. The van der Waals surface area contributed by atoms with Gasteiger partial charge in [0.05, 0.1) is 13.5 Å². The Morgan fingerprint density at radius 1 is 1.29 bits per heavy atom. The number of carbonyl (C=O) groups excluding carboxylic acids is 1. The van der Waals surface area contributed by atoms with Crippen molar-refractivity contribution >= 4 is 5.97 Å². The predicted octanol–water partition coefficient (Wildman–Crippen LogP) is 1.96. The summed E-state index contributed by atoms with van der Waals surface area (Å²) < 4.78 is 4.69. The molecule has 1 N–H and O–H groups in total. The number of nitrogens with one attached hydrogen (secondary N) is 1. The highest BCUT2D eigenvalue weighted by Crippen LogP contribution is 2.16. The minimum absolute atomic E-state index is 0.122. The topological polar surface area (TPSA) is 38.3 Å². The van der Waals surface area contributed by atoms with E-state index in [1.54, 1.807) is 0 Å². The number of hydrogen-bond donors (Lipinski definition) is 1. The molecule has 0 radical (unpaired) electrons. The van der Waals surface area contributed by atoms with Gasteiger partial charge in [-0.3, -0.25) is 4.79 Å². The summed E-state index contributed by atoms with van der Waals surface area (Å²) in [5.74, 6) is 0.442. The molecule has 0 spiro atoms. The lowest BCUT2D eigenvalue weighted by molar-refractivity contribution is -0.141. The maximum Gasteiger partial charge on any atom is 0.307 e. The maximum atomic E-state index is 11.2. The van der Waals surface area contributed by atoms with Crippen LogP contribution >= 0.6 is 0 Å². The first-order chi connectivity index (χ1) is 6.69. The molecule has 0 amide bonds. The highest BCUT2D eigenvalue weighted by atomic mass is 16.5. The normalized spacial score (nSPS) is 12.9. The van der Waals surface area contributed by atoms with Crippen molar-refractivity contribution in [2.75, 3.05) is 13.7 Å². The van der Waals surface area contributed by atoms with Crippen LogP contribution in [0.5, 0.6) is 0 Å². The molecule has 0 aromatic rings. The molecular formula is C11H23NO2. The second-order valence-corrected chi connectivity index (χ2v) is 3.52. The first-order valence-electron chi connectivity index (χ1n) is 5.49. The van der Waals surface area contributed by atoms with E-state index in [0.717, 1.165) is 19.4 Å². The van der Waals surface area contributed by atoms with Crippen molar-refractivity contribution in [1.82, 2.24) is 5.32 Å². The fourth-order valence-corrected chi connectivity index (χ4v) is 1.79. The molecule has 0 aromatic carbocycles. The van der Waals surface area contributed by atoms with Crippen molar-refractivity contribution in [3.63, 3.8) is 0 Å². The molecule has 3 heteroatoms. The molecule has 84 valence electrons. The van der Waals surface area contributed by atoms with Crippen LogP contribution < -0.4 is 5.32 Å². The van der Waals surface area contributed by atoms with E-state index in [9.17, 15) is 4.79 Å². The second kappa shape index (κ2) is 7.80. The zero-order valence-corrected chi connectivity index (χ0v) is 9.80. The van der Waals surface area contributed by atoms with Crippen molar-refractivity contribution in [2.45, 2.75) is 46.1 Å². The van der Waals surface area contributed by atoms with Crippen molar-refractivity contribution in [3.05, 3.63) is 0 Å². The lowest BCUT2D eigenvalue weighted by atomic mass is 9.92. The Hall–Kier alpha value is -0.570. The molecule has 0 aliphatic rings. The summed E-state index contributed by atoms with van der Waals surface area (Å²) in [6.45, 7) is 7.29. The zero-order chi connectivity index (χ0) is 11.0. The quantitative estimate of drug-likeness (QED) is 0.640. The molecule has 1 atom stereocenters. The summed E-state index contributed by atoms with van der Waals surface area (Å²) in [6.07, 6.45) is 2.69. The van der Waals surface area contributed by atoms with Crippen LogP contribution in [-0.2, 0) is 9.53 Å². The van der Waals surface area contributed by atoms with Crippen LogP contribution in [0.25, 0.3) is 0 Å². The Balaban J connectivity index is 4.17. The summed E-state index contributed by atoms with van der Waals surface area (Å²) in [7, 11) is 1.44. The van der Waals surface area contributed by atoms with Crippen LogP contribution in [0.3, 0.4) is 0 Å². The van der Waals surface area contributed by atoms with Crippen molar-refractivity contribution in [3.8, 4) is 0 Å². The molecule has 0 saturated carbocycles. The summed E-state index contributed by atoms with van der Waals surface area (Å²) in [5.41, 5.74) is 0. The largest absolute Gasteiger partial charge is 0.469 e. The van der Waals surface area contributed by atoms with Gasteiger partial charge >= 0.3 is 5.97 Å². The number of rotatable bonds is 7. The predicted molar refractivity (Wildman–Crippen MR) is 58.2 cm³/mol. The van der Waals surface area contributed by atoms with Gasteiger partial charge in [0.2, 0.25) is 0 Å². The third-order valence-electron chi connectivity index (χ3n) is 2.70. The van der Waals surface area contributed by atoms with Crippen molar-refractivity contribution in [1.29, 1.82) is 0 Å². The molecule has 0 bridgehead atoms. The first kappa shape index (κ1) is 13.4. The van der Waals surface area contributed by atoms with Crippen molar-refractivity contribution < 1.29 is 9.53 Å². The lowest BCUT2D eigenvalue weighted by Crippen LogP contribution is -2.37. The zero-order valence-electron chi connectivity index (χ0n) is 9.80. The Labute approximate surface area is 87.2 Å². The Morgan fingerprint density at radius 2 is 1.86 bits per heavy atom. The number of ether oxygens (including phenoxy) is 1. The van der Waals surface area contributed by atoms with E-state index >= 15 is 0 Å². The number of hydrogen-bond acceptors (Lipinski definition) is 3. The molecular weight excluding hydrogens is 178 g/mol. The summed E-state index contributed by atoms with van der Waals surface area (Å²) in [6, 6.07) is 0.266. The maximum absolute atomic E-state index is 11.2. The van der Waals surface area contributed by atoms with Crippen LogP contribution in [0.2, 0.25) is 0 Å². The molecule has 0 aliphatic heterocycles. The Morgan fingerprint density at radius 3 is 2.21 bits per heavy atom. The number of esters is 1. The van der Waals surface area contributed by atoms with Gasteiger partial charge in [-0.1, -0.05) is 33.6 Å². The van der Waals surface area contributed by atoms with E-state index in [-0.39, 0.29) is 12.0 Å². The lowest BCUT2D eigenvalue weighted by Gasteiger charge is -2.24. The Bertz CT molecular complexity index is 155. The van der Waals surface area contributed by atoms with Gasteiger partial charge in [-0.05, 0) is 12.5 Å². The smallest absolute Gasteiger partial charge is 0.307 e. The van der Waals surface area contributed by atoms with Crippen LogP contribution in [0.1, 0.15) is 40.0 Å². The van der Waals surface area contributed by atoms with Gasteiger partial charge in [0.25, 0.3) is 0 Å². The van der Waals surface area contributed by atoms with E-state index < -0.39 is 0 Å². The fourth-order valence-electron chi connectivity index (χ4n) is 1.79. The van der Waals surface area contributed by atoms with E-state index in [0.29, 0.717) is 12.3 Å². The van der Waals surface area contributed by atoms with Gasteiger partial charge < -0.3 is 10.1 Å². The van der Waals surface area contributed by atoms with Crippen LogP contribution in [-0.4, -0.2) is 25.7 Å². The minimum Gasteiger partial charge on any atom is -0.469 e. The van der Waals surface area contributed by atoms with E-state index in [4.69, 9.17) is 0 Å². The number of methoxy groups -OCH3 is 1. The van der Waals surface area contributed by atoms with Gasteiger partial charge in [-0.15, -0.1) is 0 Å². The second-order valence-electron chi connectivity index (χ2n) is 3.52. The standard InChI is InChI=1S/C11H23NO2/c1-5-9(6-2)10(12-7-3)8-11(13)14-4/h9-10,12H,5-8H2,1-4H3. The van der Waals surface area contributed by atoms with Crippen LogP contribution in [0, 0.1) is 5.92 Å². The molecule has 0 rings (SSSR count). The van der Waals surface area contributed by atoms with Gasteiger partial charge in [0.1, 0.15) is 0 Å². The monoisotopic (exact) mass is 201 g/mol. The van der Waals surface area contributed by atoms with Gasteiger partial charge in [-0.2, -0.15) is 0 Å². The van der Waals surface area contributed by atoms with Crippen LogP contribution in [0.15, 0.2) is 0 Å².